The Morgan fingerprint density at radius 3 is 1.52 bits per heavy atom. The van der Waals surface area contributed by atoms with Crippen LogP contribution in [0.15, 0.2) is 182 Å². The maximum atomic E-state index is 2.51. The van der Waals surface area contributed by atoms with Crippen molar-refractivity contribution in [1.29, 1.82) is 0 Å². The van der Waals surface area contributed by atoms with Crippen LogP contribution in [0.3, 0.4) is 0 Å². The number of fused-ring (bicyclic) bond motifs is 12. The van der Waals surface area contributed by atoms with Crippen molar-refractivity contribution in [2.75, 3.05) is 0 Å². The molecule has 0 saturated heterocycles. The molecule has 0 aliphatic carbocycles. The highest BCUT2D eigenvalue weighted by atomic mass is 32.1. The highest BCUT2D eigenvalue weighted by molar-refractivity contribution is 7.29. The van der Waals surface area contributed by atoms with E-state index in [1.54, 1.807) is 0 Å². The van der Waals surface area contributed by atoms with Crippen LogP contribution in [0.5, 0.6) is 0 Å². The first-order valence-electron chi connectivity index (χ1n) is 18.5. The zero-order valence-corrected chi connectivity index (χ0v) is 30.8. The largest absolute Gasteiger partial charge is 0.135 e. The number of hydrogen-bond donors (Lipinski definition) is 0. The SMILES string of the molecule is c1ccc(-c2ccc(-c3c4ccccc4c(-c4cc5sc6ccccc6c5c5c4sc4c6ccccc6ccc45)c4ccccc34)c3ccccc23)cc1. The van der Waals surface area contributed by atoms with Crippen molar-refractivity contribution in [3.8, 4) is 33.4 Å². The van der Waals surface area contributed by atoms with E-state index in [4.69, 9.17) is 0 Å². The van der Waals surface area contributed by atoms with E-state index in [2.05, 4.69) is 182 Å². The van der Waals surface area contributed by atoms with Crippen LogP contribution in [0.2, 0.25) is 0 Å². The van der Waals surface area contributed by atoms with Crippen LogP contribution in [0.25, 0.3) is 117 Å². The molecule has 250 valence electrons. The molecule has 0 spiro atoms. The third-order valence-electron chi connectivity index (χ3n) is 11.5. The summed E-state index contributed by atoms with van der Waals surface area (Å²) in [6, 6.07) is 67.6. The van der Waals surface area contributed by atoms with Gasteiger partial charge in [0.1, 0.15) is 0 Å². The maximum Gasteiger partial charge on any atom is 0.0441 e. The Hall–Kier alpha value is -6.32. The zero-order valence-electron chi connectivity index (χ0n) is 29.1. The second kappa shape index (κ2) is 11.6. The molecule has 0 amide bonds. The lowest BCUT2D eigenvalue weighted by Gasteiger charge is -2.20. The molecule has 12 aromatic rings. The summed E-state index contributed by atoms with van der Waals surface area (Å²) in [5.41, 5.74) is 7.69. The molecule has 54 heavy (non-hydrogen) atoms. The van der Waals surface area contributed by atoms with Gasteiger partial charge in [-0.05, 0) is 83.0 Å². The summed E-state index contributed by atoms with van der Waals surface area (Å²) in [6.45, 7) is 0. The summed E-state index contributed by atoms with van der Waals surface area (Å²) in [7, 11) is 0. The van der Waals surface area contributed by atoms with E-state index >= 15 is 0 Å². The van der Waals surface area contributed by atoms with E-state index in [0.717, 1.165) is 0 Å². The molecule has 10 aromatic carbocycles. The van der Waals surface area contributed by atoms with Gasteiger partial charge in [-0.15, -0.1) is 22.7 Å². The van der Waals surface area contributed by atoms with Gasteiger partial charge in [-0.25, -0.2) is 0 Å². The average molecular weight is 719 g/mol. The standard InChI is InChI=1S/C52H30S2/c1-2-14-31(15-3-1)33-28-29-41(36-19-7-6-18-35(33)36)47-37-20-8-10-22-39(37)48(40-23-11-9-21-38(40)47)44-30-46-49(42-24-12-13-25-45(42)53-46)50-43-27-26-32-16-4-5-17-34(32)51(43)54-52(44)50/h1-30H. The Morgan fingerprint density at radius 2 is 0.815 bits per heavy atom. The summed E-state index contributed by atoms with van der Waals surface area (Å²) in [4.78, 5) is 0. The van der Waals surface area contributed by atoms with Crippen molar-refractivity contribution in [1.82, 2.24) is 0 Å². The third kappa shape index (κ3) is 4.24. The van der Waals surface area contributed by atoms with Gasteiger partial charge in [-0.1, -0.05) is 170 Å². The Labute approximate surface area is 319 Å². The zero-order chi connectivity index (χ0) is 35.3. The van der Waals surface area contributed by atoms with Gasteiger partial charge in [0, 0.05) is 45.9 Å². The minimum Gasteiger partial charge on any atom is -0.135 e. The van der Waals surface area contributed by atoms with Gasteiger partial charge < -0.3 is 0 Å². The van der Waals surface area contributed by atoms with Gasteiger partial charge in [0.25, 0.3) is 0 Å². The van der Waals surface area contributed by atoms with Crippen LogP contribution in [0, 0.1) is 0 Å². The molecule has 0 radical (unpaired) electrons. The normalized spacial score (nSPS) is 12.1. The molecule has 2 aromatic heterocycles. The first-order valence-corrected chi connectivity index (χ1v) is 20.1. The quantitative estimate of drug-likeness (QED) is 0.160. The minimum absolute atomic E-state index is 1.24. The fraction of sp³-hybridized carbons (Fsp3) is 0. The molecule has 0 bridgehead atoms. The van der Waals surface area contributed by atoms with E-state index in [1.165, 1.54) is 117 Å². The minimum atomic E-state index is 1.24. The van der Waals surface area contributed by atoms with Crippen LogP contribution in [0.1, 0.15) is 0 Å². The first kappa shape index (κ1) is 30.2. The number of benzene rings is 10. The topological polar surface area (TPSA) is 0 Å². The van der Waals surface area contributed by atoms with E-state index in [-0.39, 0.29) is 0 Å². The number of rotatable bonds is 3. The maximum absolute atomic E-state index is 2.51. The first-order chi connectivity index (χ1) is 26.8. The Kier molecular flexibility index (Phi) is 6.48. The summed E-state index contributed by atoms with van der Waals surface area (Å²) in [5, 5.41) is 15.7. The fourth-order valence-corrected chi connectivity index (χ4v) is 11.7. The van der Waals surface area contributed by atoms with E-state index in [0.29, 0.717) is 0 Å². The Bertz CT molecular complexity index is 3430. The molecular formula is C52H30S2. The lowest BCUT2D eigenvalue weighted by atomic mass is 9.83. The predicted molar refractivity (Wildman–Crippen MR) is 239 cm³/mol. The van der Waals surface area contributed by atoms with E-state index < -0.39 is 0 Å². The second-order valence-corrected chi connectivity index (χ2v) is 16.4. The molecule has 0 N–H and O–H groups in total. The summed E-state index contributed by atoms with van der Waals surface area (Å²) in [6.07, 6.45) is 0. The Balaban J connectivity index is 1.24. The Morgan fingerprint density at radius 1 is 0.278 bits per heavy atom. The molecule has 12 rings (SSSR count). The highest BCUT2D eigenvalue weighted by Gasteiger charge is 2.24. The molecule has 0 saturated carbocycles. The predicted octanol–water partition coefficient (Wildman–Crippen LogP) is 16.0. The van der Waals surface area contributed by atoms with E-state index in [9.17, 15) is 0 Å². The second-order valence-electron chi connectivity index (χ2n) is 14.3. The average Bonchev–Trinajstić information content (AvgIpc) is 3.81. The van der Waals surface area contributed by atoms with Gasteiger partial charge in [-0.3, -0.25) is 0 Å². The van der Waals surface area contributed by atoms with Gasteiger partial charge >= 0.3 is 0 Å². The molecule has 0 unspecified atom stereocenters. The van der Waals surface area contributed by atoms with Crippen molar-refractivity contribution < 1.29 is 0 Å². The van der Waals surface area contributed by atoms with E-state index in [1.807, 2.05) is 22.7 Å². The molecule has 2 heterocycles. The molecule has 0 aliphatic heterocycles. The van der Waals surface area contributed by atoms with Gasteiger partial charge in [0.05, 0.1) is 0 Å². The summed E-state index contributed by atoms with van der Waals surface area (Å²) in [5.74, 6) is 0. The number of thiophene rings is 2. The molecule has 0 nitrogen and oxygen atoms in total. The van der Waals surface area contributed by atoms with Crippen LogP contribution < -0.4 is 0 Å². The lowest BCUT2D eigenvalue weighted by Crippen LogP contribution is -1.92. The van der Waals surface area contributed by atoms with Crippen molar-refractivity contribution >= 4 is 106 Å². The monoisotopic (exact) mass is 718 g/mol. The van der Waals surface area contributed by atoms with Crippen LogP contribution >= 0.6 is 22.7 Å². The lowest BCUT2D eigenvalue weighted by molar-refractivity contribution is 1.64. The van der Waals surface area contributed by atoms with Gasteiger partial charge in [0.2, 0.25) is 0 Å². The van der Waals surface area contributed by atoms with Crippen molar-refractivity contribution in [3.63, 3.8) is 0 Å². The number of hydrogen-bond acceptors (Lipinski definition) is 2. The van der Waals surface area contributed by atoms with Crippen LogP contribution in [0.4, 0.5) is 0 Å². The van der Waals surface area contributed by atoms with Crippen molar-refractivity contribution in [2.24, 2.45) is 0 Å². The third-order valence-corrected chi connectivity index (χ3v) is 13.8. The molecule has 0 atom stereocenters. The molecule has 2 heteroatoms. The smallest absolute Gasteiger partial charge is 0.0441 e. The highest BCUT2D eigenvalue weighted by Crippen LogP contribution is 2.53. The molecule has 0 aliphatic rings. The van der Waals surface area contributed by atoms with Gasteiger partial charge in [0.15, 0.2) is 0 Å². The van der Waals surface area contributed by atoms with Gasteiger partial charge in [-0.2, -0.15) is 0 Å². The van der Waals surface area contributed by atoms with Crippen LogP contribution in [-0.2, 0) is 0 Å². The summed E-state index contributed by atoms with van der Waals surface area (Å²) < 4.78 is 5.40. The van der Waals surface area contributed by atoms with Crippen molar-refractivity contribution in [3.05, 3.63) is 182 Å². The van der Waals surface area contributed by atoms with Crippen LogP contribution in [-0.4, -0.2) is 0 Å². The van der Waals surface area contributed by atoms with Crippen molar-refractivity contribution in [2.45, 2.75) is 0 Å². The fourth-order valence-electron chi connectivity index (χ4n) is 9.16. The molecular weight excluding hydrogens is 689 g/mol. The summed E-state index contributed by atoms with van der Waals surface area (Å²) >= 11 is 3.88. The molecule has 0 fully saturated rings.